The molecule has 0 saturated carbocycles. The first-order valence-electron chi connectivity index (χ1n) is 1.79. The average molecular weight is 234 g/mol. The molecule has 12 heteroatoms. The maximum atomic E-state index is 7.33. The molecule has 0 spiro atoms. The quantitative estimate of drug-likeness (QED) is 0.189. The van der Waals surface area contributed by atoms with E-state index >= 15 is 0 Å². The predicted octanol–water partition coefficient (Wildman–Crippen LogP) is -6.69. The minimum absolute atomic E-state index is 0. The van der Waals surface area contributed by atoms with Crippen molar-refractivity contribution in [2.75, 3.05) is 0 Å². The molecule has 10 N–H and O–H groups in total. The van der Waals surface area contributed by atoms with E-state index < -0.39 is 18.1 Å². The summed E-state index contributed by atoms with van der Waals surface area (Å²) >= 11 is 0. The van der Waals surface area contributed by atoms with E-state index in [-0.39, 0.29) is 35.0 Å². The summed E-state index contributed by atoms with van der Waals surface area (Å²) in [7, 11) is -9.22. The Hall–Kier alpha value is 1.07. The second kappa shape index (κ2) is 8.66. The second-order valence-corrected chi connectivity index (χ2v) is 3.60. The molecule has 0 aromatic carbocycles. The van der Waals surface area contributed by atoms with Gasteiger partial charge in [-0.2, -0.15) is 0 Å². The van der Waals surface area contributed by atoms with Crippen LogP contribution in [0.15, 0.2) is 0 Å². The van der Waals surface area contributed by atoms with Crippen molar-refractivity contribution < 1.29 is 43.8 Å². The molecule has 0 fully saturated rings. The van der Waals surface area contributed by atoms with E-state index in [9.17, 15) is 0 Å². The summed E-state index contributed by atoms with van der Waals surface area (Å²) in [5, 5.41) is 0. The van der Waals surface area contributed by atoms with Crippen molar-refractivity contribution in [3.05, 3.63) is 0 Å². The summed E-state index contributed by atoms with van der Waals surface area (Å²) in [6, 6.07) is 0. The third kappa shape index (κ3) is 975. The Morgan fingerprint density at radius 3 is 0.500 bits per heavy atom. The van der Waals surface area contributed by atoms with Gasteiger partial charge in [-0.25, -0.2) is 0 Å². The molecule has 0 amide bonds. The summed E-state index contributed by atoms with van der Waals surface area (Å²) in [6.07, 6.45) is 0. The van der Waals surface area contributed by atoms with E-state index in [4.69, 9.17) is 38.4 Å². The number of hydrogen-bond donors (Lipinski definition) is 8. The molecule has 0 radical (unpaired) electrons. The van der Waals surface area contributed by atoms with Gasteiger partial charge < -0.3 is 43.8 Å². The molecule has 0 aromatic heterocycles. The minimum atomic E-state index is -4.61. The number of hydrogen-bond acceptors (Lipinski definition) is 8. The van der Waals surface area contributed by atoms with Gasteiger partial charge in [0.2, 0.25) is 0 Å². The first-order chi connectivity index (χ1) is 4.00. The van der Waals surface area contributed by atoms with Crippen LogP contribution < -0.4 is 0 Å². The Balaban J connectivity index is -0.0000000457. The van der Waals surface area contributed by atoms with Crippen molar-refractivity contribution in [1.29, 1.82) is 0 Å². The van der Waals surface area contributed by atoms with Gasteiger partial charge in [0.25, 0.3) is 0 Å². The van der Waals surface area contributed by atoms with E-state index in [1.807, 2.05) is 0 Å². The van der Waals surface area contributed by atoms with Crippen molar-refractivity contribution in [3.8, 4) is 0 Å². The van der Waals surface area contributed by atoms with Crippen LogP contribution in [0.3, 0.4) is 0 Å². The Morgan fingerprint density at radius 2 is 0.500 bits per heavy atom. The molecular weight excluding hydrogens is 223 g/mol. The van der Waals surface area contributed by atoms with Crippen LogP contribution >= 0.6 is 0 Å². The molecule has 0 aliphatic carbocycles. The fourth-order valence-corrected chi connectivity index (χ4v) is 0. The first-order valence-corrected chi connectivity index (χ1v) is 5.37. The molecule has 74 valence electrons. The Bertz CT molecular complexity index is 55.5. The van der Waals surface area contributed by atoms with Crippen molar-refractivity contribution in [2.24, 2.45) is 0 Å². The SMILES string of the molecule is O.O[Si](O)(O)O.O[Si](O)(O)O.[NaH]. The van der Waals surface area contributed by atoms with Gasteiger partial charge in [-0.15, -0.1) is 0 Å². The molecule has 0 unspecified atom stereocenters. The molecule has 0 aliphatic heterocycles. The third-order valence-electron chi connectivity index (χ3n) is 0. The summed E-state index contributed by atoms with van der Waals surface area (Å²) in [4.78, 5) is 58.6. The molecule has 0 aliphatic rings. The zero-order valence-corrected chi connectivity index (χ0v) is 7.08. The van der Waals surface area contributed by atoms with Crippen molar-refractivity contribution in [1.82, 2.24) is 0 Å². The Morgan fingerprint density at radius 1 is 0.500 bits per heavy atom. The van der Waals surface area contributed by atoms with Gasteiger partial charge in [-0.05, 0) is 0 Å². The third-order valence-corrected chi connectivity index (χ3v) is 0. The van der Waals surface area contributed by atoms with Gasteiger partial charge in [0.1, 0.15) is 0 Å². The first kappa shape index (κ1) is 23.1. The van der Waals surface area contributed by atoms with Gasteiger partial charge in [0, 0.05) is 0 Å². The zero-order chi connectivity index (χ0) is 9.00. The second-order valence-electron chi connectivity index (χ2n) is 1.20. The van der Waals surface area contributed by atoms with Crippen molar-refractivity contribution >= 4 is 47.7 Å². The Labute approximate surface area is 91.4 Å². The van der Waals surface area contributed by atoms with Gasteiger partial charge in [-0.1, -0.05) is 0 Å². The molecule has 0 saturated heterocycles. The monoisotopic (exact) mass is 234 g/mol. The van der Waals surface area contributed by atoms with Crippen LogP contribution in [0.2, 0.25) is 0 Å². The fraction of sp³-hybridized carbons (Fsp3) is 0. The maximum absolute atomic E-state index is 7.33. The van der Waals surface area contributed by atoms with Crippen LogP contribution in [0.1, 0.15) is 0 Å². The number of rotatable bonds is 0. The van der Waals surface area contributed by atoms with Gasteiger partial charge >= 0.3 is 47.7 Å². The van der Waals surface area contributed by atoms with Crippen LogP contribution in [0.4, 0.5) is 0 Å². The van der Waals surface area contributed by atoms with E-state index in [1.54, 1.807) is 0 Å². The van der Waals surface area contributed by atoms with Crippen LogP contribution in [0.5, 0.6) is 0 Å². The molecule has 9 nitrogen and oxygen atoms in total. The molecule has 0 rings (SSSR count). The normalized spacial score (nSPS) is 10.0. The molecule has 0 atom stereocenters. The standard InChI is InChI=1S/Na.2H4O4Si.H2O.H/c;2*1-5(2,3)4;;/h;2*1-4H;1H2;. The molecule has 0 bridgehead atoms. The Kier molecular flexibility index (Phi) is 16.7. The fourth-order valence-electron chi connectivity index (χ4n) is 0. The van der Waals surface area contributed by atoms with Crippen molar-refractivity contribution in [3.63, 3.8) is 0 Å². The molecule has 0 aromatic rings. The molecular formula is H11NaO9Si2. The summed E-state index contributed by atoms with van der Waals surface area (Å²) in [6.45, 7) is 0. The molecule has 0 heterocycles. The van der Waals surface area contributed by atoms with Gasteiger partial charge in [0.15, 0.2) is 0 Å². The average Bonchev–Trinajstić information content (AvgIpc) is 1.12. The predicted molar refractivity (Wildman–Crippen MR) is 40.0 cm³/mol. The van der Waals surface area contributed by atoms with Crippen LogP contribution in [0, 0.1) is 0 Å². The van der Waals surface area contributed by atoms with E-state index in [0.717, 1.165) is 0 Å². The van der Waals surface area contributed by atoms with Gasteiger partial charge in [-0.3, -0.25) is 0 Å². The molecule has 12 heavy (non-hydrogen) atoms. The van der Waals surface area contributed by atoms with Crippen LogP contribution in [0.25, 0.3) is 0 Å². The van der Waals surface area contributed by atoms with E-state index in [0.29, 0.717) is 0 Å². The summed E-state index contributed by atoms with van der Waals surface area (Å²) in [5.41, 5.74) is 0. The zero-order valence-electron chi connectivity index (χ0n) is 5.08. The summed E-state index contributed by atoms with van der Waals surface area (Å²) in [5.74, 6) is 0. The topological polar surface area (TPSA) is 193 Å². The van der Waals surface area contributed by atoms with Crippen LogP contribution in [-0.2, 0) is 0 Å². The van der Waals surface area contributed by atoms with Crippen molar-refractivity contribution in [2.45, 2.75) is 0 Å². The summed E-state index contributed by atoms with van der Waals surface area (Å²) < 4.78 is 0. The van der Waals surface area contributed by atoms with Crippen LogP contribution in [-0.4, -0.2) is 91.5 Å². The van der Waals surface area contributed by atoms with E-state index in [1.165, 1.54) is 0 Å². The van der Waals surface area contributed by atoms with E-state index in [2.05, 4.69) is 0 Å². The van der Waals surface area contributed by atoms with Gasteiger partial charge in [0.05, 0.1) is 0 Å².